The predicted molar refractivity (Wildman–Crippen MR) is 101 cm³/mol. The molecule has 2 aromatic heterocycles. The summed E-state index contributed by atoms with van der Waals surface area (Å²) in [5.74, 6) is 0.615. The molecule has 7 heteroatoms. The fourth-order valence-electron chi connectivity index (χ4n) is 3.05. The smallest absolute Gasteiger partial charge is 0.198 e. The van der Waals surface area contributed by atoms with E-state index in [1.54, 1.807) is 16.6 Å². The first-order valence-corrected chi connectivity index (χ1v) is 8.46. The maximum absolute atomic E-state index is 14.1. The molecule has 6 nitrogen and oxygen atoms in total. The molecule has 0 spiro atoms. The Balaban J connectivity index is 1.80. The zero-order valence-electron chi connectivity index (χ0n) is 15.0. The second-order valence-corrected chi connectivity index (χ2v) is 6.21. The zero-order valence-corrected chi connectivity index (χ0v) is 15.0. The lowest BCUT2D eigenvalue weighted by atomic mass is 10.1. The van der Waals surface area contributed by atoms with Gasteiger partial charge in [0.1, 0.15) is 0 Å². The van der Waals surface area contributed by atoms with Crippen LogP contribution in [0.2, 0.25) is 0 Å². The van der Waals surface area contributed by atoms with Crippen LogP contribution in [0, 0.1) is 12.7 Å². The molecule has 136 valence electrons. The average Bonchev–Trinajstić information content (AvgIpc) is 3.10. The van der Waals surface area contributed by atoms with E-state index in [-0.39, 0.29) is 11.6 Å². The second-order valence-electron chi connectivity index (χ2n) is 6.21. The average molecular weight is 363 g/mol. The molecule has 0 aliphatic heterocycles. The van der Waals surface area contributed by atoms with E-state index >= 15 is 0 Å². The van der Waals surface area contributed by atoms with Gasteiger partial charge in [0.05, 0.1) is 18.5 Å². The summed E-state index contributed by atoms with van der Waals surface area (Å²) in [6, 6.07) is 14.6. The molecule has 2 N–H and O–H groups in total. The van der Waals surface area contributed by atoms with E-state index < -0.39 is 5.82 Å². The summed E-state index contributed by atoms with van der Waals surface area (Å²) < 4.78 is 20.7. The van der Waals surface area contributed by atoms with E-state index in [2.05, 4.69) is 15.1 Å². The molecule has 27 heavy (non-hydrogen) atoms. The van der Waals surface area contributed by atoms with E-state index in [1.807, 2.05) is 37.3 Å². The zero-order chi connectivity index (χ0) is 19.0. The molecule has 0 amide bonds. The van der Waals surface area contributed by atoms with Crippen molar-refractivity contribution in [2.75, 3.05) is 12.8 Å². The van der Waals surface area contributed by atoms with Gasteiger partial charge < -0.3 is 10.5 Å². The van der Waals surface area contributed by atoms with Gasteiger partial charge in [-0.25, -0.2) is 18.9 Å². The summed E-state index contributed by atoms with van der Waals surface area (Å²) in [6.07, 6.45) is 0.591. The first-order chi connectivity index (χ1) is 13.1. The first kappa shape index (κ1) is 17.0. The van der Waals surface area contributed by atoms with Crippen molar-refractivity contribution in [3.63, 3.8) is 0 Å². The van der Waals surface area contributed by atoms with Crippen molar-refractivity contribution < 1.29 is 9.13 Å². The number of rotatable bonds is 4. The number of nitrogen functional groups attached to an aromatic ring is 1. The molecule has 2 heterocycles. The number of aromatic nitrogens is 4. The highest BCUT2D eigenvalue weighted by molar-refractivity contribution is 5.70. The Kier molecular flexibility index (Phi) is 4.19. The normalized spacial score (nSPS) is 11.1. The minimum Gasteiger partial charge on any atom is -0.494 e. The van der Waals surface area contributed by atoms with Gasteiger partial charge in [-0.2, -0.15) is 5.10 Å². The van der Waals surface area contributed by atoms with Crippen molar-refractivity contribution in [3.05, 3.63) is 71.4 Å². The summed E-state index contributed by atoms with van der Waals surface area (Å²) in [5.41, 5.74) is 9.60. The molecular weight excluding hydrogens is 345 g/mol. The molecular formula is C20H18FN5O. The molecule has 0 saturated carbocycles. The van der Waals surface area contributed by atoms with Crippen LogP contribution in [0.15, 0.2) is 48.5 Å². The fourth-order valence-corrected chi connectivity index (χ4v) is 3.05. The lowest BCUT2D eigenvalue weighted by molar-refractivity contribution is 0.386. The van der Waals surface area contributed by atoms with E-state index in [4.69, 9.17) is 10.5 Å². The standard InChI is InChI=1S/C20H18FN5O/c1-12-18(14-8-9-16(27-2)15(21)11-14)24-19(22)20-23-17(25-26(12)20)10-13-6-4-3-5-7-13/h3-9,11H,10H2,1-2H3,(H2,22,24). The van der Waals surface area contributed by atoms with Gasteiger partial charge in [0.2, 0.25) is 0 Å². The molecule has 0 radical (unpaired) electrons. The molecule has 0 atom stereocenters. The molecule has 0 saturated heterocycles. The predicted octanol–water partition coefficient (Wildman–Crippen LogP) is 3.42. The number of methoxy groups -OCH3 is 1. The van der Waals surface area contributed by atoms with Crippen LogP contribution < -0.4 is 10.5 Å². The van der Waals surface area contributed by atoms with Gasteiger partial charge in [-0.3, -0.25) is 0 Å². The number of halogens is 1. The summed E-state index contributed by atoms with van der Waals surface area (Å²) in [4.78, 5) is 8.95. The maximum Gasteiger partial charge on any atom is 0.198 e. The molecule has 4 rings (SSSR count). The van der Waals surface area contributed by atoms with Crippen LogP contribution in [0.5, 0.6) is 5.75 Å². The van der Waals surface area contributed by atoms with E-state index in [0.717, 1.165) is 11.3 Å². The van der Waals surface area contributed by atoms with Crippen molar-refractivity contribution >= 4 is 11.5 Å². The number of hydrogen-bond acceptors (Lipinski definition) is 5. The number of aryl methyl sites for hydroxylation is 1. The molecule has 0 unspecified atom stereocenters. The Morgan fingerprint density at radius 1 is 1.11 bits per heavy atom. The summed E-state index contributed by atoms with van der Waals surface area (Å²) in [6.45, 7) is 1.86. The van der Waals surface area contributed by atoms with Gasteiger partial charge in [0.15, 0.2) is 28.9 Å². The minimum atomic E-state index is -0.460. The first-order valence-electron chi connectivity index (χ1n) is 8.46. The molecule has 0 bridgehead atoms. The van der Waals surface area contributed by atoms with Crippen LogP contribution in [0.25, 0.3) is 16.9 Å². The third-order valence-corrected chi connectivity index (χ3v) is 4.40. The highest BCUT2D eigenvalue weighted by Crippen LogP contribution is 2.28. The number of nitrogens with two attached hydrogens (primary N) is 1. The summed E-state index contributed by atoms with van der Waals surface area (Å²) in [7, 11) is 1.43. The quantitative estimate of drug-likeness (QED) is 0.601. The number of fused-ring (bicyclic) bond motifs is 1. The van der Waals surface area contributed by atoms with Crippen molar-refractivity contribution in [2.24, 2.45) is 0 Å². The van der Waals surface area contributed by atoms with Crippen LogP contribution in [-0.4, -0.2) is 26.7 Å². The van der Waals surface area contributed by atoms with Crippen LogP contribution in [0.3, 0.4) is 0 Å². The lowest BCUT2D eigenvalue weighted by Gasteiger charge is -2.09. The fraction of sp³-hybridized carbons (Fsp3) is 0.150. The van der Waals surface area contributed by atoms with Gasteiger partial charge in [0.25, 0.3) is 0 Å². The number of nitrogens with zero attached hydrogens (tertiary/aromatic N) is 4. The van der Waals surface area contributed by atoms with Crippen LogP contribution in [0.1, 0.15) is 17.1 Å². The Hall–Kier alpha value is -3.48. The Bertz CT molecular complexity index is 1120. The molecule has 4 aromatic rings. The molecule has 0 fully saturated rings. The number of hydrogen-bond donors (Lipinski definition) is 1. The molecule has 0 aliphatic rings. The largest absolute Gasteiger partial charge is 0.494 e. The van der Waals surface area contributed by atoms with Gasteiger partial charge in [0, 0.05) is 12.0 Å². The highest BCUT2D eigenvalue weighted by Gasteiger charge is 2.16. The second kappa shape index (κ2) is 6.68. The maximum atomic E-state index is 14.1. The SMILES string of the molecule is COc1ccc(-c2nc(N)c3nc(Cc4ccccc4)nn3c2C)cc1F. The monoisotopic (exact) mass is 363 g/mol. The highest BCUT2D eigenvalue weighted by atomic mass is 19.1. The Labute approximate surface area is 155 Å². The third kappa shape index (κ3) is 3.08. The van der Waals surface area contributed by atoms with Crippen molar-refractivity contribution in [3.8, 4) is 17.0 Å². The summed E-state index contributed by atoms with van der Waals surface area (Å²) >= 11 is 0. The number of benzene rings is 2. The summed E-state index contributed by atoms with van der Waals surface area (Å²) in [5, 5.41) is 4.58. The number of anilines is 1. The van der Waals surface area contributed by atoms with Crippen molar-refractivity contribution in [1.29, 1.82) is 0 Å². The van der Waals surface area contributed by atoms with Gasteiger partial charge in [-0.15, -0.1) is 0 Å². The van der Waals surface area contributed by atoms with Gasteiger partial charge >= 0.3 is 0 Å². The molecule has 0 aliphatic carbocycles. The van der Waals surface area contributed by atoms with E-state index in [1.165, 1.54) is 13.2 Å². The van der Waals surface area contributed by atoms with E-state index in [0.29, 0.717) is 29.1 Å². The molecule has 2 aromatic carbocycles. The van der Waals surface area contributed by atoms with Crippen LogP contribution >= 0.6 is 0 Å². The van der Waals surface area contributed by atoms with Gasteiger partial charge in [-0.1, -0.05) is 30.3 Å². The van der Waals surface area contributed by atoms with E-state index in [9.17, 15) is 4.39 Å². The lowest BCUT2D eigenvalue weighted by Crippen LogP contribution is -2.05. The van der Waals surface area contributed by atoms with Gasteiger partial charge in [-0.05, 0) is 30.7 Å². The number of ether oxygens (including phenoxy) is 1. The van der Waals surface area contributed by atoms with Crippen LogP contribution in [-0.2, 0) is 6.42 Å². The minimum absolute atomic E-state index is 0.177. The Morgan fingerprint density at radius 3 is 2.59 bits per heavy atom. The topological polar surface area (TPSA) is 78.3 Å². The Morgan fingerprint density at radius 2 is 1.89 bits per heavy atom. The van der Waals surface area contributed by atoms with Crippen LogP contribution in [0.4, 0.5) is 10.2 Å². The van der Waals surface area contributed by atoms with Crippen molar-refractivity contribution in [2.45, 2.75) is 13.3 Å². The third-order valence-electron chi connectivity index (χ3n) is 4.40. The van der Waals surface area contributed by atoms with Crippen molar-refractivity contribution in [1.82, 2.24) is 19.6 Å².